The zero-order valence-corrected chi connectivity index (χ0v) is 14.3. The lowest BCUT2D eigenvalue weighted by Crippen LogP contribution is -2.07. The van der Waals surface area contributed by atoms with Crippen LogP contribution < -0.4 is 5.32 Å². The highest BCUT2D eigenvalue weighted by molar-refractivity contribution is 9.10. The van der Waals surface area contributed by atoms with Crippen LogP contribution in [0.15, 0.2) is 29.0 Å². The molecule has 21 heavy (non-hydrogen) atoms. The van der Waals surface area contributed by atoms with Crippen LogP contribution in [0, 0.1) is 13.8 Å². The number of nitrogens with one attached hydrogen (secondary N) is 1. The molecule has 6 heteroatoms. The smallest absolute Gasteiger partial charge is 0.137 e. The van der Waals surface area contributed by atoms with E-state index in [1.54, 1.807) is 17.7 Å². The van der Waals surface area contributed by atoms with E-state index in [1.165, 1.54) is 4.88 Å². The molecule has 0 fully saturated rings. The zero-order valence-electron chi connectivity index (χ0n) is 11.9. The highest BCUT2D eigenvalue weighted by atomic mass is 79.9. The van der Waals surface area contributed by atoms with Gasteiger partial charge in [-0.15, -0.1) is 11.3 Å². The van der Waals surface area contributed by atoms with Gasteiger partial charge in [0.05, 0.1) is 16.2 Å². The second-order valence-electron chi connectivity index (χ2n) is 4.80. The predicted molar refractivity (Wildman–Crippen MR) is 91.0 cm³/mol. The summed E-state index contributed by atoms with van der Waals surface area (Å²) in [7, 11) is 0. The van der Waals surface area contributed by atoms with Gasteiger partial charge in [-0.2, -0.15) is 0 Å². The number of halogens is 1. The van der Waals surface area contributed by atoms with Gasteiger partial charge in [0.2, 0.25) is 0 Å². The van der Waals surface area contributed by atoms with Crippen LogP contribution in [0.2, 0.25) is 0 Å². The van der Waals surface area contributed by atoms with E-state index in [-0.39, 0.29) is 0 Å². The van der Waals surface area contributed by atoms with Crippen LogP contribution in [0.1, 0.15) is 15.6 Å². The van der Waals surface area contributed by atoms with Crippen LogP contribution in [0.3, 0.4) is 0 Å². The van der Waals surface area contributed by atoms with E-state index in [9.17, 15) is 0 Å². The van der Waals surface area contributed by atoms with E-state index in [0.717, 1.165) is 44.9 Å². The Morgan fingerprint density at radius 3 is 2.86 bits per heavy atom. The monoisotopic (exact) mass is 362 g/mol. The molecule has 1 aromatic carbocycles. The Hall–Kier alpha value is -1.53. The molecule has 0 bridgehead atoms. The van der Waals surface area contributed by atoms with Crippen molar-refractivity contribution in [1.82, 2.24) is 15.0 Å². The molecule has 0 atom stereocenters. The summed E-state index contributed by atoms with van der Waals surface area (Å²) in [4.78, 5) is 14.4. The first-order valence-electron chi connectivity index (χ1n) is 6.70. The van der Waals surface area contributed by atoms with Crippen molar-refractivity contribution in [3.8, 4) is 0 Å². The summed E-state index contributed by atoms with van der Waals surface area (Å²) in [5, 5.41) is 5.56. The number of thiazole rings is 1. The summed E-state index contributed by atoms with van der Waals surface area (Å²) in [5.41, 5.74) is 2.08. The maximum Gasteiger partial charge on any atom is 0.137 e. The predicted octanol–water partition coefficient (Wildman–Crippen LogP) is 4.12. The van der Waals surface area contributed by atoms with Crippen molar-refractivity contribution in [2.45, 2.75) is 20.3 Å². The van der Waals surface area contributed by atoms with Gasteiger partial charge in [-0.05, 0) is 32.0 Å². The standard InChI is InChI=1S/C15H15BrN4S/c1-9-14(21-10(2)20-9)5-6-17-15-12-7-11(16)3-4-13(12)18-8-19-15/h3-4,7-8H,5-6H2,1-2H3,(H,17,18,19). The minimum Gasteiger partial charge on any atom is -0.369 e. The fourth-order valence-corrected chi connectivity index (χ4v) is 3.57. The fraction of sp³-hybridized carbons (Fsp3) is 0.267. The van der Waals surface area contributed by atoms with Crippen LogP contribution in [0.25, 0.3) is 10.9 Å². The molecule has 3 rings (SSSR count). The van der Waals surface area contributed by atoms with Crippen molar-refractivity contribution < 1.29 is 0 Å². The molecule has 0 aliphatic carbocycles. The van der Waals surface area contributed by atoms with E-state index < -0.39 is 0 Å². The molecular formula is C15H15BrN4S. The molecule has 0 aliphatic heterocycles. The van der Waals surface area contributed by atoms with Crippen molar-refractivity contribution in [1.29, 1.82) is 0 Å². The summed E-state index contributed by atoms with van der Waals surface area (Å²) < 4.78 is 1.03. The second-order valence-corrected chi connectivity index (χ2v) is 7.01. The Labute approximate surface area is 135 Å². The first-order chi connectivity index (χ1) is 10.1. The van der Waals surface area contributed by atoms with Gasteiger partial charge in [-0.1, -0.05) is 15.9 Å². The van der Waals surface area contributed by atoms with Crippen molar-refractivity contribution in [3.05, 3.63) is 44.6 Å². The van der Waals surface area contributed by atoms with Crippen LogP contribution in [0.5, 0.6) is 0 Å². The molecule has 0 saturated heterocycles. The molecule has 1 N–H and O–H groups in total. The number of hydrogen-bond donors (Lipinski definition) is 1. The van der Waals surface area contributed by atoms with Crippen LogP contribution in [-0.2, 0) is 6.42 Å². The average molecular weight is 363 g/mol. The molecule has 0 spiro atoms. The van der Waals surface area contributed by atoms with Crippen LogP contribution in [0.4, 0.5) is 5.82 Å². The number of anilines is 1. The summed E-state index contributed by atoms with van der Waals surface area (Å²) >= 11 is 5.26. The van der Waals surface area contributed by atoms with Gasteiger partial charge in [0, 0.05) is 27.7 Å². The lowest BCUT2D eigenvalue weighted by atomic mass is 10.2. The molecule has 0 saturated carbocycles. The largest absolute Gasteiger partial charge is 0.369 e. The number of aromatic nitrogens is 3. The summed E-state index contributed by atoms with van der Waals surface area (Å²) in [5.74, 6) is 0.875. The maximum absolute atomic E-state index is 4.46. The Kier molecular flexibility index (Phi) is 4.17. The van der Waals surface area contributed by atoms with E-state index in [4.69, 9.17) is 0 Å². The maximum atomic E-state index is 4.46. The molecular weight excluding hydrogens is 348 g/mol. The van der Waals surface area contributed by atoms with E-state index in [2.05, 4.69) is 43.1 Å². The van der Waals surface area contributed by atoms with Gasteiger partial charge in [0.15, 0.2) is 0 Å². The number of nitrogens with zero attached hydrogens (tertiary/aromatic N) is 3. The number of benzene rings is 1. The Morgan fingerprint density at radius 1 is 1.24 bits per heavy atom. The van der Waals surface area contributed by atoms with Crippen LogP contribution >= 0.6 is 27.3 Å². The van der Waals surface area contributed by atoms with E-state index in [0.29, 0.717) is 0 Å². The zero-order chi connectivity index (χ0) is 14.8. The number of rotatable bonds is 4. The summed E-state index contributed by atoms with van der Waals surface area (Å²) in [6.07, 6.45) is 2.55. The van der Waals surface area contributed by atoms with E-state index in [1.807, 2.05) is 25.1 Å². The second kappa shape index (κ2) is 6.07. The molecule has 3 aromatic rings. The molecule has 2 aromatic heterocycles. The lowest BCUT2D eigenvalue weighted by molar-refractivity contribution is 1.00. The molecule has 2 heterocycles. The van der Waals surface area contributed by atoms with Gasteiger partial charge in [-0.3, -0.25) is 0 Å². The first-order valence-corrected chi connectivity index (χ1v) is 8.31. The topological polar surface area (TPSA) is 50.7 Å². The third-order valence-corrected chi connectivity index (χ3v) is 4.87. The highest BCUT2D eigenvalue weighted by Gasteiger charge is 2.06. The lowest BCUT2D eigenvalue weighted by Gasteiger charge is -2.08. The number of fused-ring (bicyclic) bond motifs is 1. The minimum absolute atomic E-state index is 0.834. The van der Waals surface area contributed by atoms with Gasteiger partial charge >= 0.3 is 0 Å². The van der Waals surface area contributed by atoms with Gasteiger partial charge in [-0.25, -0.2) is 15.0 Å². The molecule has 0 amide bonds. The number of hydrogen-bond acceptors (Lipinski definition) is 5. The molecule has 0 unspecified atom stereocenters. The Morgan fingerprint density at radius 2 is 2.10 bits per heavy atom. The van der Waals surface area contributed by atoms with Crippen LogP contribution in [-0.4, -0.2) is 21.5 Å². The quantitative estimate of drug-likeness (QED) is 0.758. The first kappa shape index (κ1) is 14.4. The number of aryl methyl sites for hydroxylation is 2. The molecule has 0 radical (unpaired) electrons. The molecule has 4 nitrogen and oxygen atoms in total. The Bertz CT molecular complexity index is 784. The fourth-order valence-electron chi connectivity index (χ4n) is 2.27. The third kappa shape index (κ3) is 3.22. The third-order valence-electron chi connectivity index (χ3n) is 3.24. The van der Waals surface area contributed by atoms with Crippen molar-refractivity contribution in [3.63, 3.8) is 0 Å². The SMILES string of the molecule is Cc1nc(C)c(CCNc2ncnc3ccc(Br)cc23)s1. The van der Waals surface area contributed by atoms with Gasteiger partial charge < -0.3 is 5.32 Å². The normalized spacial score (nSPS) is 11.0. The van der Waals surface area contributed by atoms with Crippen molar-refractivity contribution in [2.75, 3.05) is 11.9 Å². The molecule has 0 aliphatic rings. The van der Waals surface area contributed by atoms with Gasteiger partial charge in [0.1, 0.15) is 12.1 Å². The van der Waals surface area contributed by atoms with Crippen molar-refractivity contribution in [2.24, 2.45) is 0 Å². The molecule has 108 valence electrons. The average Bonchev–Trinajstić information content (AvgIpc) is 2.77. The van der Waals surface area contributed by atoms with E-state index >= 15 is 0 Å². The van der Waals surface area contributed by atoms with Gasteiger partial charge in [0.25, 0.3) is 0 Å². The summed E-state index contributed by atoms with van der Waals surface area (Å²) in [6, 6.07) is 6.02. The Balaban J connectivity index is 1.76. The van der Waals surface area contributed by atoms with Crippen molar-refractivity contribution >= 4 is 44.0 Å². The highest BCUT2D eigenvalue weighted by Crippen LogP contribution is 2.23. The minimum atomic E-state index is 0.834. The summed E-state index contributed by atoms with van der Waals surface area (Å²) in [6.45, 7) is 4.95.